The van der Waals surface area contributed by atoms with E-state index in [2.05, 4.69) is 9.88 Å². The quantitative estimate of drug-likeness (QED) is 0.755. The Morgan fingerprint density at radius 3 is 2.87 bits per heavy atom. The predicted molar refractivity (Wildman–Crippen MR) is 60.1 cm³/mol. The highest BCUT2D eigenvalue weighted by Gasteiger charge is 2.07. The summed E-state index contributed by atoms with van der Waals surface area (Å²) in [5.41, 5.74) is 2.22. The largest absolute Gasteiger partial charge is 0.395 e. The molecule has 0 saturated heterocycles. The monoisotopic (exact) mass is 210 g/mol. The van der Waals surface area contributed by atoms with Crippen LogP contribution in [0, 0.1) is 6.92 Å². The Morgan fingerprint density at radius 1 is 1.47 bits per heavy atom. The van der Waals surface area contributed by atoms with E-state index >= 15 is 0 Å². The van der Waals surface area contributed by atoms with Crippen molar-refractivity contribution in [2.24, 2.45) is 0 Å². The van der Waals surface area contributed by atoms with E-state index < -0.39 is 0 Å². The Bertz CT molecular complexity index is 292. The van der Waals surface area contributed by atoms with Crippen molar-refractivity contribution in [3.63, 3.8) is 0 Å². The molecule has 4 nitrogen and oxygen atoms in total. The van der Waals surface area contributed by atoms with Gasteiger partial charge in [0.2, 0.25) is 0 Å². The van der Waals surface area contributed by atoms with E-state index in [0.29, 0.717) is 13.2 Å². The number of aromatic nitrogens is 1. The molecule has 0 aliphatic carbocycles. The number of methoxy groups -OCH3 is 1. The summed E-state index contributed by atoms with van der Waals surface area (Å²) in [7, 11) is 1.68. The number of nitrogens with zero attached hydrogens (tertiary/aromatic N) is 2. The second-order valence-corrected chi connectivity index (χ2v) is 3.37. The summed E-state index contributed by atoms with van der Waals surface area (Å²) in [6.45, 7) is 4.21. The number of pyridine rings is 1. The van der Waals surface area contributed by atoms with Gasteiger partial charge >= 0.3 is 0 Å². The minimum Gasteiger partial charge on any atom is -0.395 e. The summed E-state index contributed by atoms with van der Waals surface area (Å²) < 4.78 is 5.04. The van der Waals surface area contributed by atoms with E-state index in [0.717, 1.165) is 17.8 Å². The zero-order valence-corrected chi connectivity index (χ0v) is 9.31. The zero-order chi connectivity index (χ0) is 11.1. The van der Waals surface area contributed by atoms with Crippen LogP contribution in [0.1, 0.15) is 5.56 Å². The van der Waals surface area contributed by atoms with Crippen molar-refractivity contribution >= 4 is 5.69 Å². The summed E-state index contributed by atoms with van der Waals surface area (Å²) in [4.78, 5) is 6.15. The molecule has 84 valence electrons. The van der Waals surface area contributed by atoms with Crippen LogP contribution in [-0.4, -0.2) is 43.5 Å². The molecule has 1 aromatic rings. The molecule has 0 bridgehead atoms. The van der Waals surface area contributed by atoms with Crippen molar-refractivity contribution in [2.75, 3.05) is 38.3 Å². The van der Waals surface area contributed by atoms with Crippen LogP contribution in [-0.2, 0) is 4.74 Å². The van der Waals surface area contributed by atoms with Gasteiger partial charge in [0.05, 0.1) is 13.2 Å². The van der Waals surface area contributed by atoms with Crippen LogP contribution in [0.15, 0.2) is 18.5 Å². The molecule has 0 fully saturated rings. The maximum Gasteiger partial charge on any atom is 0.0637 e. The first kappa shape index (κ1) is 11.9. The fourth-order valence-electron chi connectivity index (χ4n) is 1.50. The molecule has 0 radical (unpaired) electrons. The normalized spacial score (nSPS) is 10.3. The summed E-state index contributed by atoms with van der Waals surface area (Å²) in [6.07, 6.45) is 3.59. The van der Waals surface area contributed by atoms with Gasteiger partial charge in [-0.25, -0.2) is 0 Å². The molecular formula is C11H18N2O2. The molecule has 1 N–H and O–H groups in total. The highest BCUT2D eigenvalue weighted by Crippen LogP contribution is 2.17. The van der Waals surface area contributed by atoms with Gasteiger partial charge < -0.3 is 14.7 Å². The zero-order valence-electron chi connectivity index (χ0n) is 9.31. The molecule has 1 aromatic heterocycles. The van der Waals surface area contributed by atoms with Crippen LogP contribution in [0.4, 0.5) is 5.69 Å². The first-order valence-corrected chi connectivity index (χ1v) is 5.05. The van der Waals surface area contributed by atoms with Gasteiger partial charge in [-0.3, -0.25) is 4.98 Å². The lowest BCUT2D eigenvalue weighted by Crippen LogP contribution is -2.30. The van der Waals surface area contributed by atoms with Gasteiger partial charge in [-0.05, 0) is 18.6 Å². The maximum absolute atomic E-state index is 8.99. The molecule has 0 saturated carbocycles. The van der Waals surface area contributed by atoms with Gasteiger partial charge in [-0.1, -0.05) is 0 Å². The molecule has 0 atom stereocenters. The summed E-state index contributed by atoms with van der Waals surface area (Å²) >= 11 is 0. The number of hydrogen-bond acceptors (Lipinski definition) is 4. The first-order valence-electron chi connectivity index (χ1n) is 5.05. The van der Waals surface area contributed by atoms with Crippen molar-refractivity contribution in [1.82, 2.24) is 4.98 Å². The fourth-order valence-corrected chi connectivity index (χ4v) is 1.50. The number of hydrogen-bond donors (Lipinski definition) is 1. The molecule has 1 heterocycles. The summed E-state index contributed by atoms with van der Waals surface area (Å²) in [6, 6.07) is 1.96. The number of aryl methyl sites for hydroxylation is 1. The van der Waals surface area contributed by atoms with Crippen LogP contribution < -0.4 is 4.90 Å². The Labute approximate surface area is 90.5 Å². The Balaban J connectivity index is 2.74. The summed E-state index contributed by atoms with van der Waals surface area (Å²) in [5.74, 6) is 0. The second kappa shape index (κ2) is 6.37. The smallest absolute Gasteiger partial charge is 0.0637 e. The summed E-state index contributed by atoms with van der Waals surface area (Å²) in [5, 5.41) is 8.99. The Kier molecular flexibility index (Phi) is 5.07. The number of rotatable bonds is 6. The lowest BCUT2D eigenvalue weighted by atomic mass is 10.2. The highest BCUT2D eigenvalue weighted by molar-refractivity contribution is 5.51. The van der Waals surface area contributed by atoms with E-state index in [1.165, 1.54) is 0 Å². The third-order valence-electron chi connectivity index (χ3n) is 2.27. The molecule has 0 aliphatic heterocycles. The van der Waals surface area contributed by atoms with E-state index in [9.17, 15) is 0 Å². The van der Waals surface area contributed by atoms with Gasteiger partial charge in [-0.15, -0.1) is 0 Å². The van der Waals surface area contributed by atoms with Crippen molar-refractivity contribution < 1.29 is 9.84 Å². The fraction of sp³-hybridized carbons (Fsp3) is 0.545. The standard InChI is InChI=1S/C11H18N2O2/c1-10-9-12-4-3-11(10)13(5-7-14)6-8-15-2/h3-4,9,14H,5-8H2,1-2H3. The lowest BCUT2D eigenvalue weighted by Gasteiger charge is -2.24. The molecule has 1 rings (SSSR count). The average Bonchev–Trinajstić information content (AvgIpc) is 2.25. The number of aliphatic hydroxyl groups is 1. The first-order chi connectivity index (χ1) is 7.29. The van der Waals surface area contributed by atoms with Crippen LogP contribution in [0.25, 0.3) is 0 Å². The van der Waals surface area contributed by atoms with Gasteiger partial charge in [0, 0.05) is 38.3 Å². The van der Waals surface area contributed by atoms with Crippen molar-refractivity contribution in [3.8, 4) is 0 Å². The minimum atomic E-state index is 0.144. The molecule has 0 unspecified atom stereocenters. The maximum atomic E-state index is 8.99. The van der Waals surface area contributed by atoms with E-state index in [4.69, 9.17) is 9.84 Å². The second-order valence-electron chi connectivity index (χ2n) is 3.37. The SMILES string of the molecule is COCCN(CCO)c1ccncc1C. The van der Waals surface area contributed by atoms with Gasteiger partial charge in [0.15, 0.2) is 0 Å². The van der Waals surface area contributed by atoms with Gasteiger partial charge in [-0.2, -0.15) is 0 Å². The minimum absolute atomic E-state index is 0.144. The third kappa shape index (κ3) is 3.49. The molecular weight excluding hydrogens is 192 g/mol. The molecule has 0 amide bonds. The molecule has 15 heavy (non-hydrogen) atoms. The topological polar surface area (TPSA) is 45.6 Å². The van der Waals surface area contributed by atoms with E-state index in [1.807, 2.05) is 19.2 Å². The van der Waals surface area contributed by atoms with Gasteiger partial charge in [0.1, 0.15) is 0 Å². The van der Waals surface area contributed by atoms with E-state index in [-0.39, 0.29) is 6.61 Å². The molecule has 4 heteroatoms. The molecule has 0 aromatic carbocycles. The Hall–Kier alpha value is -1.13. The number of aliphatic hydroxyl groups excluding tert-OH is 1. The van der Waals surface area contributed by atoms with Crippen molar-refractivity contribution in [2.45, 2.75) is 6.92 Å². The Morgan fingerprint density at radius 2 is 2.27 bits per heavy atom. The van der Waals surface area contributed by atoms with Crippen molar-refractivity contribution in [1.29, 1.82) is 0 Å². The molecule has 0 aliphatic rings. The van der Waals surface area contributed by atoms with Crippen LogP contribution >= 0.6 is 0 Å². The average molecular weight is 210 g/mol. The van der Waals surface area contributed by atoms with Crippen molar-refractivity contribution in [3.05, 3.63) is 24.0 Å². The predicted octanol–water partition coefficient (Wildman–Crippen LogP) is 0.835. The van der Waals surface area contributed by atoms with E-state index in [1.54, 1.807) is 13.3 Å². The van der Waals surface area contributed by atoms with Crippen LogP contribution in [0.2, 0.25) is 0 Å². The number of anilines is 1. The lowest BCUT2D eigenvalue weighted by molar-refractivity contribution is 0.203. The van der Waals surface area contributed by atoms with Crippen LogP contribution in [0.3, 0.4) is 0 Å². The number of ether oxygens (including phenoxy) is 1. The van der Waals surface area contributed by atoms with Gasteiger partial charge in [0.25, 0.3) is 0 Å². The molecule has 0 spiro atoms. The third-order valence-corrected chi connectivity index (χ3v) is 2.27. The highest BCUT2D eigenvalue weighted by atomic mass is 16.5. The van der Waals surface area contributed by atoms with Crippen LogP contribution in [0.5, 0.6) is 0 Å².